The van der Waals surface area contributed by atoms with Crippen LogP contribution in [-0.4, -0.2) is 29.3 Å². The highest BCUT2D eigenvalue weighted by Gasteiger charge is 2.36. The molecule has 1 N–H and O–H groups in total. The van der Waals surface area contributed by atoms with E-state index >= 15 is 0 Å². The van der Waals surface area contributed by atoms with Crippen LogP contribution in [0.3, 0.4) is 0 Å². The number of nitrogens with one attached hydrogen (secondary N) is 1. The van der Waals surface area contributed by atoms with Crippen molar-refractivity contribution in [1.29, 1.82) is 0 Å². The predicted octanol–water partition coefficient (Wildman–Crippen LogP) is 2.88. The molecule has 2 unspecified atom stereocenters. The van der Waals surface area contributed by atoms with E-state index in [0.717, 1.165) is 37.5 Å². The zero-order valence-corrected chi connectivity index (χ0v) is 12.9. The molecule has 1 fully saturated rings. The standard InChI is InChI=1S/C15H27N3O2/c1-4-9-16-12(5-2)10-13-17-15(18-20-13)14(19-6-3)11-7-8-11/h11-12,14,16H,4-10H2,1-3H3. The van der Waals surface area contributed by atoms with Gasteiger partial charge in [-0.15, -0.1) is 0 Å². The average molecular weight is 281 g/mol. The molecule has 1 aliphatic rings. The zero-order valence-electron chi connectivity index (χ0n) is 12.9. The van der Waals surface area contributed by atoms with Crippen molar-refractivity contribution in [2.45, 2.75) is 65.0 Å². The van der Waals surface area contributed by atoms with E-state index in [1.54, 1.807) is 0 Å². The number of rotatable bonds is 10. The summed E-state index contributed by atoms with van der Waals surface area (Å²) >= 11 is 0. The minimum Gasteiger partial charge on any atom is -0.370 e. The maximum atomic E-state index is 5.76. The topological polar surface area (TPSA) is 60.2 Å². The first-order chi connectivity index (χ1) is 9.78. The number of ether oxygens (including phenoxy) is 1. The van der Waals surface area contributed by atoms with Crippen LogP contribution in [-0.2, 0) is 11.2 Å². The van der Waals surface area contributed by atoms with Crippen LogP contribution in [0.2, 0.25) is 0 Å². The normalized spacial score (nSPS) is 18.1. The van der Waals surface area contributed by atoms with Crippen molar-refractivity contribution in [3.05, 3.63) is 11.7 Å². The van der Waals surface area contributed by atoms with E-state index in [1.165, 1.54) is 12.8 Å². The lowest BCUT2D eigenvalue weighted by Crippen LogP contribution is -2.31. The van der Waals surface area contributed by atoms with Gasteiger partial charge in [-0.25, -0.2) is 0 Å². The van der Waals surface area contributed by atoms with Crippen LogP contribution < -0.4 is 5.32 Å². The highest BCUT2D eigenvalue weighted by molar-refractivity contribution is 4.99. The second-order valence-electron chi connectivity index (χ2n) is 5.52. The highest BCUT2D eigenvalue weighted by Crippen LogP contribution is 2.42. The summed E-state index contributed by atoms with van der Waals surface area (Å²) in [6, 6.07) is 0.412. The van der Waals surface area contributed by atoms with E-state index < -0.39 is 0 Å². The van der Waals surface area contributed by atoms with Crippen LogP contribution in [0.4, 0.5) is 0 Å². The number of hydrogen-bond donors (Lipinski definition) is 1. The fraction of sp³-hybridized carbons (Fsp3) is 0.867. The van der Waals surface area contributed by atoms with E-state index in [0.29, 0.717) is 18.6 Å². The van der Waals surface area contributed by atoms with Gasteiger partial charge in [0, 0.05) is 19.1 Å². The van der Waals surface area contributed by atoms with Gasteiger partial charge in [0.15, 0.2) is 0 Å². The molecule has 0 aromatic carbocycles. The summed E-state index contributed by atoms with van der Waals surface area (Å²) in [5.74, 6) is 2.04. The minimum atomic E-state index is 0.0289. The van der Waals surface area contributed by atoms with Gasteiger partial charge in [0.25, 0.3) is 0 Å². The Balaban J connectivity index is 1.93. The fourth-order valence-corrected chi connectivity index (χ4v) is 2.39. The molecule has 0 radical (unpaired) electrons. The molecule has 2 atom stereocenters. The summed E-state index contributed by atoms with van der Waals surface area (Å²) in [6.45, 7) is 8.09. The summed E-state index contributed by atoms with van der Waals surface area (Å²) in [5, 5.41) is 7.63. The first-order valence-corrected chi connectivity index (χ1v) is 7.95. The van der Waals surface area contributed by atoms with Crippen molar-refractivity contribution in [3.63, 3.8) is 0 Å². The highest BCUT2D eigenvalue weighted by atomic mass is 16.5. The number of aromatic nitrogens is 2. The first kappa shape index (κ1) is 15.4. The third kappa shape index (κ3) is 4.28. The van der Waals surface area contributed by atoms with Gasteiger partial charge < -0.3 is 14.6 Å². The van der Waals surface area contributed by atoms with Gasteiger partial charge in [0.05, 0.1) is 0 Å². The third-order valence-electron chi connectivity index (χ3n) is 3.73. The number of nitrogens with zero attached hydrogens (tertiary/aromatic N) is 2. The van der Waals surface area contributed by atoms with E-state index in [1.807, 2.05) is 6.92 Å². The van der Waals surface area contributed by atoms with Crippen LogP contribution >= 0.6 is 0 Å². The minimum absolute atomic E-state index is 0.0289. The van der Waals surface area contributed by atoms with Crippen molar-refractivity contribution >= 4 is 0 Å². The van der Waals surface area contributed by atoms with E-state index in [4.69, 9.17) is 9.26 Å². The largest absolute Gasteiger partial charge is 0.370 e. The molecule has 0 saturated heterocycles. The monoisotopic (exact) mass is 281 g/mol. The number of hydrogen-bond acceptors (Lipinski definition) is 5. The Kier molecular flexibility index (Phi) is 5.98. The molecule has 5 nitrogen and oxygen atoms in total. The molecule has 20 heavy (non-hydrogen) atoms. The predicted molar refractivity (Wildman–Crippen MR) is 77.5 cm³/mol. The third-order valence-corrected chi connectivity index (χ3v) is 3.73. The molecule has 5 heteroatoms. The summed E-state index contributed by atoms with van der Waals surface area (Å²) in [6.07, 6.45) is 5.46. The molecule has 114 valence electrons. The van der Waals surface area contributed by atoms with Crippen molar-refractivity contribution in [1.82, 2.24) is 15.5 Å². The molecular formula is C15H27N3O2. The smallest absolute Gasteiger partial charge is 0.228 e. The molecule has 0 aliphatic heterocycles. The van der Waals surface area contributed by atoms with Gasteiger partial charge in [-0.3, -0.25) is 0 Å². The van der Waals surface area contributed by atoms with Crippen LogP contribution in [0.5, 0.6) is 0 Å². The molecule has 1 aliphatic carbocycles. The first-order valence-electron chi connectivity index (χ1n) is 7.95. The van der Waals surface area contributed by atoms with Gasteiger partial charge in [-0.2, -0.15) is 4.98 Å². The molecular weight excluding hydrogens is 254 g/mol. The Hall–Kier alpha value is -0.940. The van der Waals surface area contributed by atoms with Crippen LogP contribution in [0.25, 0.3) is 0 Å². The zero-order chi connectivity index (χ0) is 14.4. The van der Waals surface area contributed by atoms with Gasteiger partial charge in [-0.1, -0.05) is 19.0 Å². The molecule has 0 bridgehead atoms. The lowest BCUT2D eigenvalue weighted by atomic mass is 10.1. The molecule has 0 amide bonds. The Morgan fingerprint density at radius 3 is 2.75 bits per heavy atom. The SMILES string of the molecule is CCCNC(CC)Cc1nc(C(OCC)C2CC2)no1. The molecule has 1 saturated carbocycles. The summed E-state index contributed by atoms with van der Waals surface area (Å²) in [4.78, 5) is 4.54. The van der Waals surface area contributed by atoms with E-state index in [2.05, 4.69) is 29.3 Å². The Morgan fingerprint density at radius 2 is 2.15 bits per heavy atom. The van der Waals surface area contributed by atoms with E-state index in [-0.39, 0.29) is 6.10 Å². The maximum Gasteiger partial charge on any atom is 0.228 e. The van der Waals surface area contributed by atoms with Gasteiger partial charge in [0.1, 0.15) is 6.10 Å². The Labute approximate surface area is 121 Å². The molecule has 1 heterocycles. The van der Waals surface area contributed by atoms with Crippen molar-refractivity contribution in [2.24, 2.45) is 5.92 Å². The second kappa shape index (κ2) is 7.74. The lowest BCUT2D eigenvalue weighted by Gasteiger charge is -2.14. The summed E-state index contributed by atoms with van der Waals surface area (Å²) in [5.41, 5.74) is 0. The van der Waals surface area contributed by atoms with Gasteiger partial charge >= 0.3 is 0 Å². The molecule has 0 spiro atoms. The van der Waals surface area contributed by atoms with Crippen LogP contribution in [0.15, 0.2) is 4.52 Å². The van der Waals surface area contributed by atoms with Gasteiger partial charge in [0.2, 0.25) is 11.7 Å². The lowest BCUT2D eigenvalue weighted by molar-refractivity contribution is 0.0384. The average Bonchev–Trinajstić information content (AvgIpc) is 3.20. The van der Waals surface area contributed by atoms with Crippen molar-refractivity contribution in [2.75, 3.05) is 13.2 Å². The van der Waals surface area contributed by atoms with Crippen molar-refractivity contribution in [3.8, 4) is 0 Å². The molecule has 1 aromatic rings. The summed E-state index contributed by atoms with van der Waals surface area (Å²) in [7, 11) is 0. The Morgan fingerprint density at radius 1 is 1.35 bits per heavy atom. The quantitative estimate of drug-likeness (QED) is 0.714. The second-order valence-corrected chi connectivity index (χ2v) is 5.52. The fourth-order valence-electron chi connectivity index (χ4n) is 2.39. The Bertz CT molecular complexity index is 390. The van der Waals surface area contributed by atoms with Crippen LogP contribution in [0, 0.1) is 5.92 Å². The van der Waals surface area contributed by atoms with Crippen molar-refractivity contribution < 1.29 is 9.26 Å². The van der Waals surface area contributed by atoms with Crippen LogP contribution in [0.1, 0.15) is 64.3 Å². The summed E-state index contributed by atoms with van der Waals surface area (Å²) < 4.78 is 11.2. The maximum absolute atomic E-state index is 5.76. The molecule has 2 rings (SSSR count). The van der Waals surface area contributed by atoms with Gasteiger partial charge in [-0.05, 0) is 45.1 Å². The van der Waals surface area contributed by atoms with E-state index in [9.17, 15) is 0 Å². The molecule has 1 aromatic heterocycles.